The maximum absolute atomic E-state index is 12.5. The van der Waals surface area contributed by atoms with Crippen LogP contribution in [0.4, 0.5) is 4.79 Å². The summed E-state index contributed by atoms with van der Waals surface area (Å²) in [7, 11) is 0. The number of halogens is 1. The Labute approximate surface area is 147 Å². The van der Waals surface area contributed by atoms with Gasteiger partial charge in [-0.15, -0.1) is 19.0 Å². The number of carbonyl (C=O) groups is 4. The first-order valence-electron chi connectivity index (χ1n) is 7.79. The predicted octanol–water partition coefficient (Wildman–Crippen LogP) is -0.0145. The molecule has 134 valence electrons. The lowest BCUT2D eigenvalue weighted by Crippen LogP contribution is -2.48. The van der Waals surface area contributed by atoms with Gasteiger partial charge in [0.2, 0.25) is 5.91 Å². The molecule has 1 N–H and O–H groups in total. The average molecular weight is 359 g/mol. The molecule has 0 saturated carbocycles. The average Bonchev–Trinajstić information content (AvgIpc) is 3.12. The summed E-state index contributed by atoms with van der Waals surface area (Å²) in [5.41, 5.74) is 0. The smallest absolute Gasteiger partial charge is 0.335 e. The van der Waals surface area contributed by atoms with Crippen LogP contribution in [-0.2, 0) is 14.4 Å². The molecule has 2 heterocycles. The van der Waals surface area contributed by atoms with Gasteiger partial charge < -0.3 is 10.2 Å². The summed E-state index contributed by atoms with van der Waals surface area (Å²) >= 11 is 0. The van der Waals surface area contributed by atoms with Gasteiger partial charge in [-0.25, -0.2) is 9.69 Å². The summed E-state index contributed by atoms with van der Waals surface area (Å²) in [5.74, 6) is -2.17. The first kappa shape index (κ1) is 20.1. The summed E-state index contributed by atoms with van der Waals surface area (Å²) in [4.78, 5) is 51.6. The van der Waals surface area contributed by atoms with Gasteiger partial charge in [0.25, 0.3) is 0 Å². The van der Waals surface area contributed by atoms with Crippen LogP contribution < -0.4 is 5.32 Å². The van der Waals surface area contributed by atoms with Gasteiger partial charge in [-0.2, -0.15) is 0 Å². The molecule has 2 fully saturated rings. The van der Waals surface area contributed by atoms with E-state index in [1.54, 1.807) is 4.90 Å². The number of nitrogens with zero attached hydrogens (tertiary/aromatic N) is 3. The predicted molar refractivity (Wildman–Crippen MR) is 89.5 cm³/mol. The fourth-order valence-corrected chi connectivity index (χ4v) is 2.86. The third-order valence-corrected chi connectivity index (χ3v) is 4.00. The second-order valence-corrected chi connectivity index (χ2v) is 5.61. The van der Waals surface area contributed by atoms with Crippen molar-refractivity contribution in [2.75, 3.05) is 32.7 Å². The number of amides is 5. The van der Waals surface area contributed by atoms with E-state index in [0.29, 0.717) is 13.1 Å². The summed E-state index contributed by atoms with van der Waals surface area (Å²) in [6, 6.07) is -0.690. The standard InChI is InChI=1S/C15H22N4O4.ClH/c1-3-7-17(11-5-6-16-9-11)12(20)10-19-14(22)13(21)18(8-4-2)15(19)23;/h4,11,16H,2-3,5-10H2,1H3;1H. The second-order valence-electron chi connectivity index (χ2n) is 5.61. The van der Waals surface area contributed by atoms with Crippen LogP contribution in [0.2, 0.25) is 0 Å². The Morgan fingerprint density at radius 1 is 1.33 bits per heavy atom. The van der Waals surface area contributed by atoms with Crippen LogP contribution in [0.3, 0.4) is 0 Å². The third kappa shape index (κ3) is 3.93. The lowest BCUT2D eigenvalue weighted by Gasteiger charge is -2.29. The molecule has 24 heavy (non-hydrogen) atoms. The fraction of sp³-hybridized carbons (Fsp3) is 0.600. The maximum atomic E-state index is 12.5. The van der Waals surface area contributed by atoms with E-state index >= 15 is 0 Å². The number of urea groups is 1. The molecule has 1 atom stereocenters. The van der Waals surface area contributed by atoms with Crippen molar-refractivity contribution in [1.82, 2.24) is 20.0 Å². The summed E-state index contributed by atoms with van der Waals surface area (Å²) in [5, 5.41) is 3.19. The van der Waals surface area contributed by atoms with Crippen LogP contribution in [0.1, 0.15) is 19.8 Å². The highest BCUT2D eigenvalue weighted by molar-refractivity contribution is 6.45. The van der Waals surface area contributed by atoms with E-state index < -0.39 is 24.4 Å². The highest BCUT2D eigenvalue weighted by Gasteiger charge is 2.45. The van der Waals surface area contributed by atoms with E-state index in [0.717, 1.165) is 29.2 Å². The van der Waals surface area contributed by atoms with E-state index in [1.807, 2.05) is 6.92 Å². The molecule has 2 saturated heterocycles. The Morgan fingerprint density at radius 2 is 2.00 bits per heavy atom. The lowest BCUT2D eigenvalue weighted by molar-refractivity contribution is -0.145. The Bertz CT molecular complexity index is 534. The van der Waals surface area contributed by atoms with E-state index in [1.165, 1.54) is 6.08 Å². The number of hydrogen-bond acceptors (Lipinski definition) is 5. The molecule has 2 aliphatic rings. The van der Waals surface area contributed by atoms with Crippen molar-refractivity contribution in [3.63, 3.8) is 0 Å². The van der Waals surface area contributed by atoms with Crippen LogP contribution in [0, 0.1) is 0 Å². The summed E-state index contributed by atoms with van der Waals surface area (Å²) in [6.07, 6.45) is 2.99. The van der Waals surface area contributed by atoms with Gasteiger partial charge in [-0.1, -0.05) is 13.0 Å². The number of imide groups is 2. The molecule has 0 radical (unpaired) electrons. The Hall–Kier alpha value is -1.93. The molecule has 0 aliphatic carbocycles. The van der Waals surface area contributed by atoms with E-state index in [2.05, 4.69) is 11.9 Å². The fourth-order valence-electron chi connectivity index (χ4n) is 2.86. The van der Waals surface area contributed by atoms with Crippen LogP contribution in [0.5, 0.6) is 0 Å². The van der Waals surface area contributed by atoms with Gasteiger partial charge in [-0.05, 0) is 19.4 Å². The quantitative estimate of drug-likeness (QED) is 0.392. The van der Waals surface area contributed by atoms with Crippen LogP contribution in [0.15, 0.2) is 12.7 Å². The van der Waals surface area contributed by atoms with Gasteiger partial charge in [-0.3, -0.25) is 19.3 Å². The molecular weight excluding hydrogens is 336 g/mol. The molecule has 9 heteroatoms. The number of hydrogen-bond donors (Lipinski definition) is 1. The zero-order valence-corrected chi connectivity index (χ0v) is 14.5. The second kappa shape index (κ2) is 8.79. The molecule has 0 aromatic heterocycles. The minimum Gasteiger partial charge on any atom is -0.337 e. The van der Waals surface area contributed by atoms with E-state index in [9.17, 15) is 19.2 Å². The zero-order valence-electron chi connectivity index (χ0n) is 13.7. The monoisotopic (exact) mass is 358 g/mol. The van der Waals surface area contributed by atoms with Gasteiger partial charge in [0, 0.05) is 25.7 Å². The maximum Gasteiger partial charge on any atom is 0.335 e. The SMILES string of the molecule is C=CCN1C(=O)C(=O)N(CC(=O)N(CCC)C2CCNC2)C1=O.Cl. The topological polar surface area (TPSA) is 90.0 Å². The summed E-state index contributed by atoms with van der Waals surface area (Å²) < 4.78 is 0. The van der Waals surface area contributed by atoms with Gasteiger partial charge >= 0.3 is 17.8 Å². The van der Waals surface area contributed by atoms with Crippen LogP contribution in [0.25, 0.3) is 0 Å². The highest BCUT2D eigenvalue weighted by atomic mass is 35.5. The molecule has 2 rings (SSSR count). The molecule has 5 amide bonds. The molecule has 0 aromatic rings. The Balaban J connectivity index is 0.00000288. The van der Waals surface area contributed by atoms with Crippen molar-refractivity contribution < 1.29 is 19.2 Å². The molecule has 8 nitrogen and oxygen atoms in total. The minimum atomic E-state index is -0.953. The minimum absolute atomic E-state index is 0. The zero-order chi connectivity index (χ0) is 17.0. The largest absolute Gasteiger partial charge is 0.337 e. The third-order valence-electron chi connectivity index (χ3n) is 4.00. The van der Waals surface area contributed by atoms with Crippen LogP contribution >= 0.6 is 12.4 Å². The van der Waals surface area contributed by atoms with E-state index in [-0.39, 0.29) is 30.9 Å². The molecule has 0 spiro atoms. The van der Waals surface area contributed by atoms with Crippen molar-refractivity contribution in [2.45, 2.75) is 25.8 Å². The lowest BCUT2D eigenvalue weighted by atomic mass is 10.2. The van der Waals surface area contributed by atoms with Crippen molar-refractivity contribution in [2.24, 2.45) is 0 Å². The van der Waals surface area contributed by atoms with Gasteiger partial charge in [0.05, 0.1) is 0 Å². The number of rotatable bonds is 7. The van der Waals surface area contributed by atoms with Crippen LogP contribution in [-0.4, -0.2) is 77.2 Å². The van der Waals surface area contributed by atoms with E-state index in [4.69, 9.17) is 0 Å². The van der Waals surface area contributed by atoms with Crippen molar-refractivity contribution in [1.29, 1.82) is 0 Å². The van der Waals surface area contributed by atoms with Crippen molar-refractivity contribution in [3.05, 3.63) is 12.7 Å². The molecular formula is C15H23ClN4O4. The Morgan fingerprint density at radius 3 is 2.54 bits per heavy atom. The van der Waals surface area contributed by atoms with Gasteiger partial charge in [0.15, 0.2) is 0 Å². The summed E-state index contributed by atoms with van der Waals surface area (Å²) in [6.45, 7) is 7.08. The van der Waals surface area contributed by atoms with Crippen molar-refractivity contribution in [3.8, 4) is 0 Å². The molecule has 0 aromatic carbocycles. The molecule has 2 aliphatic heterocycles. The normalized spacial score (nSPS) is 20.4. The van der Waals surface area contributed by atoms with Gasteiger partial charge in [0.1, 0.15) is 6.54 Å². The first-order chi connectivity index (χ1) is 11.0. The molecule has 0 bridgehead atoms. The first-order valence-corrected chi connectivity index (χ1v) is 7.79. The molecule has 1 unspecified atom stereocenters. The van der Waals surface area contributed by atoms with Crippen molar-refractivity contribution >= 4 is 36.2 Å². The highest BCUT2D eigenvalue weighted by Crippen LogP contribution is 2.15. The Kier molecular flexibility index (Phi) is 7.37. The number of carbonyl (C=O) groups excluding carboxylic acids is 4. The number of nitrogens with one attached hydrogen (secondary N) is 1.